The van der Waals surface area contributed by atoms with Crippen molar-refractivity contribution < 1.29 is 19.1 Å². The maximum absolute atomic E-state index is 11.6. The van der Waals surface area contributed by atoms with Crippen molar-refractivity contribution in [3.63, 3.8) is 0 Å². The molecule has 5 heteroatoms. The number of ether oxygens (including phenoxy) is 2. The van der Waals surface area contributed by atoms with Crippen LogP contribution in [0.25, 0.3) is 0 Å². The molecule has 1 aromatic rings. The Hall–Kier alpha value is -2.04. The Labute approximate surface area is 99.9 Å². The number of rotatable bonds is 3. The van der Waals surface area contributed by atoms with E-state index in [-0.39, 0.29) is 6.61 Å². The number of carbonyl (C=O) groups excluding carboxylic acids is 2. The van der Waals surface area contributed by atoms with E-state index in [1.807, 2.05) is 0 Å². The summed E-state index contributed by atoms with van der Waals surface area (Å²) in [5, 5.41) is 0. The van der Waals surface area contributed by atoms with Gasteiger partial charge in [0.25, 0.3) is 0 Å². The molecule has 1 aromatic carbocycles. The molecule has 0 aliphatic carbocycles. The molecule has 0 aromatic heterocycles. The third kappa shape index (κ3) is 2.96. The number of methoxy groups -OCH3 is 1. The zero-order chi connectivity index (χ0) is 12.8. The monoisotopic (exact) mass is 237 g/mol. The molecule has 0 bridgehead atoms. The second-order valence-corrected chi connectivity index (χ2v) is 3.27. The lowest BCUT2D eigenvalue weighted by molar-refractivity contribution is 0.0601. The Kier molecular flexibility index (Phi) is 4.51. The molecule has 0 heterocycles. The van der Waals surface area contributed by atoms with Crippen LogP contribution in [0.1, 0.15) is 17.3 Å². The standard InChI is InChI=1S/C12H15NO4/c1-4-17-12(15)13(2)10-8-6-5-7-9(10)11(14)16-3/h5-8H,4H2,1-3H3. The Balaban J connectivity index is 3.04. The average molecular weight is 237 g/mol. The van der Waals surface area contributed by atoms with Crippen molar-refractivity contribution in [1.29, 1.82) is 0 Å². The van der Waals surface area contributed by atoms with Gasteiger partial charge in [0.15, 0.2) is 0 Å². The van der Waals surface area contributed by atoms with Crippen LogP contribution >= 0.6 is 0 Å². The van der Waals surface area contributed by atoms with Crippen LogP contribution in [-0.2, 0) is 9.47 Å². The van der Waals surface area contributed by atoms with Gasteiger partial charge in [-0.15, -0.1) is 0 Å². The summed E-state index contributed by atoms with van der Waals surface area (Å²) in [5.74, 6) is -0.489. The maximum Gasteiger partial charge on any atom is 0.414 e. The van der Waals surface area contributed by atoms with Gasteiger partial charge in [0.2, 0.25) is 0 Å². The summed E-state index contributed by atoms with van der Waals surface area (Å²) in [6, 6.07) is 6.69. The van der Waals surface area contributed by atoms with Gasteiger partial charge in [-0.2, -0.15) is 0 Å². The zero-order valence-electron chi connectivity index (χ0n) is 10.1. The van der Waals surface area contributed by atoms with Crippen LogP contribution in [0.15, 0.2) is 24.3 Å². The fraction of sp³-hybridized carbons (Fsp3) is 0.333. The van der Waals surface area contributed by atoms with Gasteiger partial charge in [0.1, 0.15) is 0 Å². The normalized spacial score (nSPS) is 9.59. The van der Waals surface area contributed by atoms with Gasteiger partial charge < -0.3 is 9.47 Å². The number of hydrogen-bond donors (Lipinski definition) is 0. The molecule has 0 spiro atoms. The van der Waals surface area contributed by atoms with Crippen LogP contribution in [0.5, 0.6) is 0 Å². The molecule has 0 saturated carbocycles. The molecule has 0 aliphatic rings. The van der Waals surface area contributed by atoms with Crippen molar-refractivity contribution in [2.75, 3.05) is 25.7 Å². The number of nitrogens with zero attached hydrogens (tertiary/aromatic N) is 1. The molecule has 0 atom stereocenters. The predicted octanol–water partition coefficient (Wildman–Crippen LogP) is 2.07. The highest BCUT2D eigenvalue weighted by atomic mass is 16.6. The van der Waals surface area contributed by atoms with Gasteiger partial charge in [0, 0.05) is 7.05 Å². The Bertz CT molecular complexity index is 417. The van der Waals surface area contributed by atoms with Crippen LogP contribution in [0.2, 0.25) is 0 Å². The number of hydrogen-bond acceptors (Lipinski definition) is 4. The van der Waals surface area contributed by atoms with Gasteiger partial charge in [0.05, 0.1) is 25.0 Å². The highest BCUT2D eigenvalue weighted by Gasteiger charge is 2.19. The lowest BCUT2D eigenvalue weighted by Gasteiger charge is -2.18. The van der Waals surface area contributed by atoms with E-state index < -0.39 is 12.1 Å². The first-order valence-corrected chi connectivity index (χ1v) is 5.19. The van der Waals surface area contributed by atoms with Crippen molar-refractivity contribution in [3.05, 3.63) is 29.8 Å². The second kappa shape index (κ2) is 5.89. The minimum absolute atomic E-state index is 0.281. The van der Waals surface area contributed by atoms with E-state index in [4.69, 9.17) is 4.74 Å². The summed E-state index contributed by atoms with van der Waals surface area (Å²) >= 11 is 0. The van der Waals surface area contributed by atoms with E-state index in [9.17, 15) is 9.59 Å². The van der Waals surface area contributed by atoms with Crippen LogP contribution < -0.4 is 4.90 Å². The largest absolute Gasteiger partial charge is 0.465 e. The lowest BCUT2D eigenvalue weighted by atomic mass is 10.1. The number of para-hydroxylation sites is 1. The number of esters is 1. The molecule has 17 heavy (non-hydrogen) atoms. The van der Waals surface area contributed by atoms with Crippen LogP contribution in [-0.4, -0.2) is 32.8 Å². The second-order valence-electron chi connectivity index (χ2n) is 3.27. The van der Waals surface area contributed by atoms with Crippen LogP contribution in [0, 0.1) is 0 Å². The average Bonchev–Trinajstić information content (AvgIpc) is 2.37. The predicted molar refractivity (Wildman–Crippen MR) is 63.2 cm³/mol. The van der Waals surface area contributed by atoms with Gasteiger partial charge in [-0.1, -0.05) is 12.1 Å². The molecular formula is C12H15NO4. The number of benzene rings is 1. The zero-order valence-corrected chi connectivity index (χ0v) is 10.1. The Morgan fingerprint density at radius 1 is 1.29 bits per heavy atom. The van der Waals surface area contributed by atoms with Crippen molar-refractivity contribution in [2.45, 2.75) is 6.92 Å². The van der Waals surface area contributed by atoms with E-state index in [0.717, 1.165) is 0 Å². The van der Waals surface area contributed by atoms with Crippen molar-refractivity contribution in [3.8, 4) is 0 Å². The molecule has 1 rings (SSSR count). The molecule has 0 radical (unpaired) electrons. The maximum atomic E-state index is 11.6. The molecule has 0 aliphatic heterocycles. The molecule has 1 amide bonds. The van der Waals surface area contributed by atoms with Gasteiger partial charge in [-0.25, -0.2) is 9.59 Å². The van der Waals surface area contributed by atoms with E-state index >= 15 is 0 Å². The summed E-state index contributed by atoms with van der Waals surface area (Å²) in [6.45, 7) is 2.00. The third-order valence-electron chi connectivity index (χ3n) is 2.21. The molecular weight excluding hydrogens is 222 g/mol. The minimum Gasteiger partial charge on any atom is -0.465 e. The van der Waals surface area contributed by atoms with Crippen LogP contribution in [0.4, 0.5) is 10.5 Å². The fourth-order valence-electron chi connectivity index (χ4n) is 1.37. The Morgan fingerprint density at radius 3 is 2.53 bits per heavy atom. The van der Waals surface area contributed by atoms with E-state index in [1.165, 1.54) is 12.0 Å². The quantitative estimate of drug-likeness (QED) is 0.755. The summed E-state index contributed by atoms with van der Waals surface area (Å²) in [7, 11) is 2.84. The number of anilines is 1. The van der Waals surface area contributed by atoms with Crippen LogP contribution in [0.3, 0.4) is 0 Å². The minimum atomic E-state index is -0.510. The first kappa shape index (κ1) is 13.0. The van der Waals surface area contributed by atoms with E-state index in [0.29, 0.717) is 11.3 Å². The van der Waals surface area contributed by atoms with Crippen molar-refractivity contribution >= 4 is 17.7 Å². The first-order valence-electron chi connectivity index (χ1n) is 5.19. The summed E-state index contributed by atoms with van der Waals surface area (Å²) in [5.41, 5.74) is 0.781. The molecule has 0 saturated heterocycles. The Morgan fingerprint density at radius 2 is 1.94 bits per heavy atom. The fourth-order valence-corrected chi connectivity index (χ4v) is 1.37. The molecule has 0 N–H and O–H groups in total. The molecule has 0 fully saturated rings. The highest BCUT2D eigenvalue weighted by Crippen LogP contribution is 2.20. The summed E-state index contributed by atoms with van der Waals surface area (Å²) < 4.78 is 9.51. The van der Waals surface area contributed by atoms with Crippen molar-refractivity contribution in [2.24, 2.45) is 0 Å². The van der Waals surface area contributed by atoms with E-state index in [1.54, 1.807) is 38.2 Å². The first-order chi connectivity index (χ1) is 8.11. The number of carbonyl (C=O) groups is 2. The van der Waals surface area contributed by atoms with E-state index in [2.05, 4.69) is 4.74 Å². The summed E-state index contributed by atoms with van der Waals surface area (Å²) in [6.07, 6.45) is -0.510. The smallest absolute Gasteiger partial charge is 0.414 e. The lowest BCUT2D eigenvalue weighted by Crippen LogP contribution is -2.28. The van der Waals surface area contributed by atoms with Gasteiger partial charge in [-0.05, 0) is 19.1 Å². The molecule has 5 nitrogen and oxygen atoms in total. The SMILES string of the molecule is CCOC(=O)N(C)c1ccccc1C(=O)OC. The van der Waals surface area contributed by atoms with Gasteiger partial charge in [-0.3, -0.25) is 4.90 Å². The highest BCUT2D eigenvalue weighted by molar-refractivity contribution is 6.00. The topological polar surface area (TPSA) is 55.8 Å². The van der Waals surface area contributed by atoms with Gasteiger partial charge >= 0.3 is 12.1 Å². The number of amides is 1. The third-order valence-corrected chi connectivity index (χ3v) is 2.21. The molecule has 0 unspecified atom stereocenters. The van der Waals surface area contributed by atoms with Crippen molar-refractivity contribution in [1.82, 2.24) is 0 Å². The summed E-state index contributed by atoms with van der Waals surface area (Å²) in [4.78, 5) is 24.3. The molecule has 92 valence electrons.